The summed E-state index contributed by atoms with van der Waals surface area (Å²) in [4.78, 5) is 47.6. The van der Waals surface area contributed by atoms with E-state index >= 15 is 0 Å². The Morgan fingerprint density at radius 1 is 1.26 bits per heavy atom. The van der Waals surface area contributed by atoms with Gasteiger partial charge in [-0.05, 0) is 31.9 Å². The molecule has 180 valence electrons. The Balaban J connectivity index is 1.70. The number of allylic oxidation sites excluding steroid dienone is 1. The Hall–Kier alpha value is -3.18. The molecule has 3 heterocycles. The lowest BCUT2D eigenvalue weighted by molar-refractivity contribution is -0.384. The van der Waals surface area contributed by atoms with Gasteiger partial charge < -0.3 is 19.4 Å². The third-order valence-corrected chi connectivity index (χ3v) is 6.97. The average Bonchev–Trinajstić information content (AvgIpc) is 3.20. The summed E-state index contributed by atoms with van der Waals surface area (Å²) in [6.45, 7) is 6.61. The monoisotopic (exact) mass is 485 g/mol. The van der Waals surface area contributed by atoms with Crippen molar-refractivity contribution in [1.29, 1.82) is 0 Å². The molecule has 1 aromatic carbocycles. The third kappa shape index (κ3) is 4.71. The molecule has 0 radical (unpaired) electrons. The number of nitrogens with zero attached hydrogens (tertiary/aromatic N) is 5. The van der Waals surface area contributed by atoms with Crippen molar-refractivity contribution in [3.05, 3.63) is 62.3 Å². The van der Waals surface area contributed by atoms with Crippen LogP contribution in [-0.4, -0.2) is 76.5 Å². The van der Waals surface area contributed by atoms with Crippen LogP contribution in [0.1, 0.15) is 31.9 Å². The van der Waals surface area contributed by atoms with Crippen molar-refractivity contribution in [2.75, 3.05) is 39.8 Å². The van der Waals surface area contributed by atoms with Gasteiger partial charge in [0.05, 0.1) is 35.3 Å². The van der Waals surface area contributed by atoms with Crippen LogP contribution in [-0.2, 0) is 14.3 Å². The Morgan fingerprint density at radius 2 is 2.00 bits per heavy atom. The fraction of sp³-hybridized carbons (Fsp3) is 0.435. The highest BCUT2D eigenvalue weighted by molar-refractivity contribution is 8.16. The van der Waals surface area contributed by atoms with Crippen LogP contribution in [0.3, 0.4) is 0 Å². The van der Waals surface area contributed by atoms with Gasteiger partial charge in [0, 0.05) is 44.0 Å². The summed E-state index contributed by atoms with van der Waals surface area (Å²) in [6, 6.07) is 5.53. The lowest BCUT2D eigenvalue weighted by atomic mass is 9.93. The molecule has 4 rings (SSSR count). The van der Waals surface area contributed by atoms with Gasteiger partial charge in [-0.2, -0.15) is 0 Å². The van der Waals surface area contributed by atoms with Crippen LogP contribution in [0.15, 0.2) is 51.6 Å². The van der Waals surface area contributed by atoms with Gasteiger partial charge in [0.2, 0.25) is 5.91 Å². The van der Waals surface area contributed by atoms with Crippen molar-refractivity contribution >= 4 is 34.5 Å². The van der Waals surface area contributed by atoms with Crippen molar-refractivity contribution < 1.29 is 19.2 Å². The number of amidine groups is 1. The summed E-state index contributed by atoms with van der Waals surface area (Å²) < 4.78 is 5.32. The summed E-state index contributed by atoms with van der Waals surface area (Å²) in [5.74, 6) is -0.524. The Kier molecular flexibility index (Phi) is 7.03. The van der Waals surface area contributed by atoms with Crippen LogP contribution in [0, 0.1) is 10.1 Å². The molecule has 1 fully saturated rings. The number of piperazine rings is 1. The van der Waals surface area contributed by atoms with Gasteiger partial charge in [0.15, 0.2) is 5.17 Å². The van der Waals surface area contributed by atoms with E-state index < -0.39 is 16.9 Å². The van der Waals surface area contributed by atoms with Crippen molar-refractivity contribution in [1.82, 2.24) is 14.7 Å². The Bertz CT molecular complexity index is 1110. The molecule has 1 aromatic rings. The molecule has 0 saturated carbocycles. The topological polar surface area (TPSA) is 109 Å². The van der Waals surface area contributed by atoms with Crippen LogP contribution in [0.5, 0.6) is 0 Å². The van der Waals surface area contributed by atoms with E-state index in [9.17, 15) is 19.7 Å². The second kappa shape index (κ2) is 9.98. The standard InChI is InChI=1S/C23H27N5O5S/c1-4-33-22(30)20-15(2)24-23-27(21(20)16-6-5-7-17(12-16)28(31)32)18(14-34-23)13-19(29)26-10-8-25(3)9-11-26/h5-7,12,14,21H,4,8-11,13H2,1-3H3. The Morgan fingerprint density at radius 3 is 2.68 bits per heavy atom. The molecule has 0 aliphatic carbocycles. The molecule has 0 N–H and O–H groups in total. The van der Waals surface area contributed by atoms with Crippen molar-refractivity contribution in [2.45, 2.75) is 26.3 Å². The molecule has 1 unspecified atom stereocenters. The molecule has 0 spiro atoms. The van der Waals surface area contributed by atoms with Crippen LogP contribution in [0.4, 0.5) is 5.69 Å². The fourth-order valence-electron chi connectivity index (χ4n) is 4.29. The van der Waals surface area contributed by atoms with Crippen LogP contribution in [0.25, 0.3) is 0 Å². The zero-order valence-corrected chi connectivity index (χ0v) is 20.2. The number of non-ortho nitro benzene ring substituents is 1. The number of amides is 1. The minimum atomic E-state index is -0.687. The summed E-state index contributed by atoms with van der Waals surface area (Å²) in [5, 5.41) is 14.0. The molecule has 1 saturated heterocycles. The number of hydrogen-bond donors (Lipinski definition) is 0. The quantitative estimate of drug-likeness (QED) is 0.344. The first kappa shape index (κ1) is 24.0. The molecule has 11 heteroatoms. The largest absolute Gasteiger partial charge is 0.463 e. The van der Waals surface area contributed by atoms with E-state index in [0.717, 1.165) is 13.1 Å². The first-order chi connectivity index (χ1) is 16.3. The van der Waals surface area contributed by atoms with Crippen LogP contribution in [0.2, 0.25) is 0 Å². The molecule has 1 amide bonds. The van der Waals surface area contributed by atoms with E-state index in [4.69, 9.17) is 4.74 Å². The number of thioether (sulfide) groups is 1. The van der Waals surface area contributed by atoms with Crippen LogP contribution >= 0.6 is 11.8 Å². The minimum absolute atomic E-state index is 0.00273. The van der Waals surface area contributed by atoms with Gasteiger partial charge in [-0.15, -0.1) is 0 Å². The fourth-order valence-corrected chi connectivity index (χ4v) is 5.25. The van der Waals surface area contributed by atoms with Gasteiger partial charge in [-0.3, -0.25) is 14.9 Å². The van der Waals surface area contributed by atoms with Crippen molar-refractivity contribution in [2.24, 2.45) is 4.99 Å². The maximum Gasteiger partial charge on any atom is 0.338 e. The number of rotatable bonds is 6. The first-order valence-electron chi connectivity index (χ1n) is 11.1. The Labute approximate surface area is 202 Å². The molecule has 1 atom stereocenters. The smallest absolute Gasteiger partial charge is 0.338 e. The van der Waals surface area contributed by atoms with Gasteiger partial charge in [-0.25, -0.2) is 9.79 Å². The number of nitro groups is 1. The molecule has 3 aliphatic heterocycles. The number of benzene rings is 1. The molecule has 3 aliphatic rings. The molecule has 0 bridgehead atoms. The van der Waals surface area contributed by atoms with E-state index in [1.54, 1.807) is 26.0 Å². The number of nitro benzene ring substituents is 1. The van der Waals surface area contributed by atoms with Gasteiger partial charge in [0.1, 0.15) is 0 Å². The van der Waals surface area contributed by atoms with Gasteiger partial charge in [-0.1, -0.05) is 23.9 Å². The summed E-state index contributed by atoms with van der Waals surface area (Å²) in [6.07, 6.45) is 0.149. The first-order valence-corrected chi connectivity index (χ1v) is 12.0. The molecule has 10 nitrogen and oxygen atoms in total. The highest BCUT2D eigenvalue weighted by atomic mass is 32.2. The summed E-state index contributed by atoms with van der Waals surface area (Å²) >= 11 is 1.38. The minimum Gasteiger partial charge on any atom is -0.463 e. The van der Waals surface area contributed by atoms with E-state index in [0.29, 0.717) is 40.8 Å². The van der Waals surface area contributed by atoms with Crippen molar-refractivity contribution in [3.63, 3.8) is 0 Å². The summed E-state index contributed by atoms with van der Waals surface area (Å²) in [7, 11) is 2.03. The zero-order valence-electron chi connectivity index (χ0n) is 19.4. The molecular weight excluding hydrogens is 458 g/mol. The second-order valence-electron chi connectivity index (χ2n) is 8.33. The summed E-state index contributed by atoms with van der Waals surface area (Å²) in [5.41, 5.74) is 2.00. The lowest BCUT2D eigenvalue weighted by Crippen LogP contribution is -2.47. The van der Waals surface area contributed by atoms with E-state index in [1.807, 2.05) is 22.3 Å². The van der Waals surface area contributed by atoms with E-state index in [2.05, 4.69) is 9.89 Å². The number of carbonyl (C=O) groups is 2. The van der Waals surface area contributed by atoms with E-state index in [-0.39, 0.29) is 24.6 Å². The predicted molar refractivity (Wildman–Crippen MR) is 129 cm³/mol. The normalized spacial score (nSPS) is 20.6. The second-order valence-corrected chi connectivity index (χ2v) is 9.16. The number of likely N-dealkylation sites (N-methyl/N-ethyl adjacent to an activating group) is 1. The number of hydrogen-bond acceptors (Lipinski definition) is 9. The van der Waals surface area contributed by atoms with Crippen molar-refractivity contribution in [3.8, 4) is 0 Å². The predicted octanol–water partition coefficient (Wildman–Crippen LogP) is 2.90. The maximum atomic E-state index is 13.1. The molecular formula is C23H27N5O5S. The van der Waals surface area contributed by atoms with E-state index in [1.165, 1.54) is 23.9 Å². The number of ether oxygens (including phenoxy) is 1. The number of fused-ring (bicyclic) bond motifs is 1. The molecule has 0 aromatic heterocycles. The third-order valence-electron chi connectivity index (χ3n) is 6.08. The average molecular weight is 486 g/mol. The zero-order chi connectivity index (χ0) is 24.4. The number of esters is 1. The lowest BCUT2D eigenvalue weighted by Gasteiger charge is -2.37. The number of aliphatic imine (C=N–C) groups is 1. The van der Waals surface area contributed by atoms with Gasteiger partial charge in [0.25, 0.3) is 5.69 Å². The maximum absolute atomic E-state index is 13.1. The SMILES string of the molecule is CCOC(=O)C1=C(C)N=C2SC=C(CC(=O)N3CCN(C)CC3)N2C1c1cccc([N+](=O)[O-])c1. The van der Waals surface area contributed by atoms with Crippen LogP contribution < -0.4 is 0 Å². The van der Waals surface area contributed by atoms with Gasteiger partial charge >= 0.3 is 5.97 Å². The highest BCUT2D eigenvalue weighted by Gasteiger charge is 2.41. The highest BCUT2D eigenvalue weighted by Crippen LogP contribution is 2.45. The number of carbonyl (C=O) groups excluding carboxylic acids is 2. The molecule has 34 heavy (non-hydrogen) atoms.